The minimum atomic E-state index is 0. The molecule has 0 aromatic heterocycles. The molecule has 4 nitrogen and oxygen atoms in total. The lowest BCUT2D eigenvalue weighted by Crippen LogP contribution is -2.45. The molecule has 0 unspecified atom stereocenters. The van der Waals surface area contributed by atoms with Crippen LogP contribution in [-0.4, -0.2) is 42.6 Å². The first-order valence-corrected chi connectivity index (χ1v) is 6.28. The van der Waals surface area contributed by atoms with Crippen molar-refractivity contribution in [2.24, 2.45) is 10.7 Å². The van der Waals surface area contributed by atoms with Gasteiger partial charge in [0.25, 0.3) is 0 Å². The molecule has 17 heavy (non-hydrogen) atoms. The first kappa shape index (κ1) is 17.0. The van der Waals surface area contributed by atoms with Crippen LogP contribution in [0.2, 0.25) is 0 Å². The van der Waals surface area contributed by atoms with E-state index < -0.39 is 0 Å². The summed E-state index contributed by atoms with van der Waals surface area (Å²) in [7, 11) is 0. The first-order valence-electron chi connectivity index (χ1n) is 6.28. The third-order valence-corrected chi connectivity index (χ3v) is 2.62. The van der Waals surface area contributed by atoms with Crippen LogP contribution >= 0.6 is 24.0 Å². The van der Waals surface area contributed by atoms with E-state index in [9.17, 15) is 0 Å². The molecule has 1 aliphatic rings. The molecule has 0 bridgehead atoms. The molecule has 5 heteroatoms. The van der Waals surface area contributed by atoms with Crippen LogP contribution in [0.5, 0.6) is 0 Å². The molecule has 0 amide bonds. The number of likely N-dealkylation sites (tertiary alicyclic amines) is 1. The molecule has 1 aliphatic heterocycles. The van der Waals surface area contributed by atoms with Crippen LogP contribution in [0, 0.1) is 0 Å². The molecule has 3 N–H and O–H groups in total. The highest BCUT2D eigenvalue weighted by molar-refractivity contribution is 14.0. The van der Waals surface area contributed by atoms with Crippen molar-refractivity contribution in [3.8, 4) is 0 Å². The second kappa shape index (κ2) is 8.13. The zero-order valence-electron chi connectivity index (χ0n) is 11.3. The van der Waals surface area contributed by atoms with Crippen LogP contribution in [0.1, 0.15) is 40.0 Å². The van der Waals surface area contributed by atoms with Gasteiger partial charge >= 0.3 is 0 Å². The van der Waals surface area contributed by atoms with Crippen molar-refractivity contribution in [3.05, 3.63) is 0 Å². The van der Waals surface area contributed by atoms with Crippen LogP contribution < -0.4 is 11.1 Å². The van der Waals surface area contributed by atoms with Gasteiger partial charge < -0.3 is 16.0 Å². The van der Waals surface area contributed by atoms with Gasteiger partial charge in [-0.1, -0.05) is 0 Å². The van der Waals surface area contributed by atoms with E-state index in [0.717, 1.165) is 19.5 Å². The van der Waals surface area contributed by atoms with Crippen LogP contribution in [0.25, 0.3) is 0 Å². The van der Waals surface area contributed by atoms with Gasteiger partial charge in [0.05, 0.1) is 0 Å². The van der Waals surface area contributed by atoms with E-state index in [1.165, 1.54) is 25.9 Å². The maximum atomic E-state index is 5.78. The lowest BCUT2D eigenvalue weighted by Gasteiger charge is -2.21. The Labute approximate surface area is 122 Å². The number of nitrogens with zero attached hydrogens (tertiary/aromatic N) is 2. The number of hydrogen-bond acceptors (Lipinski definition) is 2. The fourth-order valence-electron chi connectivity index (χ4n) is 1.92. The van der Waals surface area contributed by atoms with Gasteiger partial charge in [-0.2, -0.15) is 0 Å². The van der Waals surface area contributed by atoms with E-state index in [1.807, 2.05) is 0 Å². The standard InChI is InChI=1S/C12H26N4.HI/c1-12(2,3)15-11(13)14-7-6-10-16-8-4-5-9-16;/h4-10H2,1-3H3,(H3,13,14,15);1H. The van der Waals surface area contributed by atoms with Gasteiger partial charge in [-0.25, -0.2) is 0 Å². The number of halogens is 1. The van der Waals surface area contributed by atoms with Gasteiger partial charge in [0.1, 0.15) is 0 Å². The number of rotatable bonds is 4. The molecule has 1 saturated heterocycles. The normalized spacial score (nSPS) is 17.9. The predicted molar refractivity (Wildman–Crippen MR) is 85.1 cm³/mol. The van der Waals surface area contributed by atoms with E-state index in [0.29, 0.717) is 5.96 Å². The maximum absolute atomic E-state index is 5.78. The number of nitrogens with two attached hydrogens (primary N) is 1. The number of hydrogen-bond donors (Lipinski definition) is 2. The minimum Gasteiger partial charge on any atom is -0.370 e. The van der Waals surface area contributed by atoms with Crippen LogP contribution in [0.15, 0.2) is 4.99 Å². The molecule has 102 valence electrons. The molecule has 1 fully saturated rings. The Kier molecular flexibility index (Phi) is 8.11. The molecular weight excluding hydrogens is 327 g/mol. The number of nitrogens with one attached hydrogen (secondary N) is 1. The van der Waals surface area contributed by atoms with Gasteiger partial charge in [-0.3, -0.25) is 4.99 Å². The average Bonchev–Trinajstić information content (AvgIpc) is 2.62. The summed E-state index contributed by atoms with van der Waals surface area (Å²) >= 11 is 0. The van der Waals surface area contributed by atoms with Crippen molar-refractivity contribution in [3.63, 3.8) is 0 Å². The van der Waals surface area contributed by atoms with Gasteiger partial charge in [-0.05, 0) is 59.7 Å². The van der Waals surface area contributed by atoms with Crippen LogP contribution in [0.4, 0.5) is 0 Å². The topological polar surface area (TPSA) is 53.6 Å². The van der Waals surface area contributed by atoms with E-state index in [4.69, 9.17) is 5.73 Å². The summed E-state index contributed by atoms with van der Waals surface area (Å²) in [5.41, 5.74) is 5.78. The van der Waals surface area contributed by atoms with Crippen LogP contribution in [-0.2, 0) is 0 Å². The Morgan fingerprint density at radius 1 is 1.29 bits per heavy atom. The molecule has 0 saturated carbocycles. The quantitative estimate of drug-likeness (QED) is 0.350. The monoisotopic (exact) mass is 354 g/mol. The zero-order chi connectivity index (χ0) is 12.0. The maximum Gasteiger partial charge on any atom is 0.188 e. The highest BCUT2D eigenvalue weighted by Gasteiger charge is 2.11. The number of guanidine groups is 1. The summed E-state index contributed by atoms with van der Waals surface area (Å²) < 4.78 is 0. The third kappa shape index (κ3) is 8.65. The SMILES string of the molecule is CC(C)(C)NC(N)=NCCCN1CCCC1.I. The van der Waals surface area contributed by atoms with Gasteiger partial charge in [0.2, 0.25) is 0 Å². The molecular formula is C12H27IN4. The van der Waals surface area contributed by atoms with E-state index >= 15 is 0 Å². The largest absolute Gasteiger partial charge is 0.370 e. The summed E-state index contributed by atoms with van der Waals surface area (Å²) in [6, 6.07) is 0. The van der Waals surface area contributed by atoms with Crippen molar-refractivity contribution >= 4 is 29.9 Å². The average molecular weight is 354 g/mol. The fraction of sp³-hybridized carbons (Fsp3) is 0.917. The Morgan fingerprint density at radius 3 is 2.41 bits per heavy atom. The predicted octanol–water partition coefficient (Wildman–Crippen LogP) is 1.79. The molecule has 0 aromatic rings. The molecule has 0 aliphatic carbocycles. The lowest BCUT2D eigenvalue weighted by atomic mass is 10.1. The van der Waals surface area contributed by atoms with Crippen molar-refractivity contribution in [1.29, 1.82) is 0 Å². The smallest absolute Gasteiger partial charge is 0.188 e. The Hall–Kier alpha value is -0.0400. The van der Waals surface area contributed by atoms with E-state index in [2.05, 4.69) is 36.0 Å². The molecule has 0 atom stereocenters. The Balaban J connectivity index is 0.00000256. The van der Waals surface area contributed by atoms with Gasteiger partial charge in [0, 0.05) is 12.1 Å². The Bertz CT molecular complexity index is 229. The Morgan fingerprint density at radius 2 is 1.88 bits per heavy atom. The van der Waals surface area contributed by atoms with Crippen LogP contribution in [0.3, 0.4) is 0 Å². The summed E-state index contributed by atoms with van der Waals surface area (Å²) in [6.45, 7) is 10.8. The number of aliphatic imine (C=N–C) groups is 1. The van der Waals surface area contributed by atoms with E-state index in [-0.39, 0.29) is 29.5 Å². The molecule has 1 rings (SSSR count). The van der Waals surface area contributed by atoms with Gasteiger partial charge in [0.15, 0.2) is 5.96 Å². The fourth-order valence-corrected chi connectivity index (χ4v) is 1.92. The van der Waals surface area contributed by atoms with Crippen molar-refractivity contribution in [2.45, 2.75) is 45.6 Å². The van der Waals surface area contributed by atoms with Crippen molar-refractivity contribution < 1.29 is 0 Å². The summed E-state index contributed by atoms with van der Waals surface area (Å²) in [5.74, 6) is 0.564. The molecule has 0 aromatic carbocycles. The van der Waals surface area contributed by atoms with Crippen molar-refractivity contribution in [2.75, 3.05) is 26.2 Å². The summed E-state index contributed by atoms with van der Waals surface area (Å²) in [6.07, 6.45) is 3.82. The summed E-state index contributed by atoms with van der Waals surface area (Å²) in [5, 5.41) is 3.16. The van der Waals surface area contributed by atoms with Gasteiger partial charge in [-0.15, -0.1) is 24.0 Å². The second-order valence-corrected chi connectivity index (χ2v) is 5.54. The highest BCUT2D eigenvalue weighted by atomic mass is 127. The minimum absolute atomic E-state index is 0. The molecule has 1 heterocycles. The first-order chi connectivity index (χ1) is 7.47. The van der Waals surface area contributed by atoms with E-state index in [1.54, 1.807) is 0 Å². The molecule has 0 spiro atoms. The molecule has 0 radical (unpaired) electrons. The highest BCUT2D eigenvalue weighted by Crippen LogP contribution is 2.07. The zero-order valence-corrected chi connectivity index (χ0v) is 13.7. The summed E-state index contributed by atoms with van der Waals surface area (Å²) in [4.78, 5) is 6.83. The lowest BCUT2D eigenvalue weighted by molar-refractivity contribution is 0.336. The van der Waals surface area contributed by atoms with Crippen molar-refractivity contribution in [1.82, 2.24) is 10.2 Å². The second-order valence-electron chi connectivity index (χ2n) is 5.54. The third-order valence-electron chi connectivity index (χ3n) is 2.62.